The smallest absolute Gasteiger partial charge is 0.306 e. The first-order valence-corrected chi connectivity index (χ1v) is 7.33. The second kappa shape index (κ2) is 7.22. The zero-order valence-corrected chi connectivity index (χ0v) is 12.2. The maximum absolute atomic E-state index is 12.0. The molecule has 7 nitrogen and oxygen atoms in total. The minimum absolute atomic E-state index is 0.0156. The van der Waals surface area contributed by atoms with Gasteiger partial charge in [-0.15, -0.1) is 0 Å². The highest BCUT2D eigenvalue weighted by molar-refractivity contribution is 7.90. The Kier molecular flexibility index (Phi) is 5.93. The predicted octanol–water partition coefficient (Wildman–Crippen LogP) is 0.330. The van der Waals surface area contributed by atoms with E-state index >= 15 is 0 Å². The summed E-state index contributed by atoms with van der Waals surface area (Å²) < 4.78 is 31.8. The zero-order chi connectivity index (χ0) is 15.2. The molecule has 0 aliphatic rings. The topological polar surface area (TPSA) is 95.9 Å². The molecule has 1 rings (SSSR count). The van der Waals surface area contributed by atoms with Crippen LogP contribution in [0.25, 0.3) is 0 Å². The quantitative estimate of drug-likeness (QED) is 0.708. The maximum atomic E-state index is 12.0. The Morgan fingerprint density at radius 3 is 2.75 bits per heavy atom. The van der Waals surface area contributed by atoms with Crippen LogP contribution < -0.4 is 4.72 Å². The summed E-state index contributed by atoms with van der Waals surface area (Å²) in [6.45, 7) is -0.157. The van der Waals surface area contributed by atoms with Gasteiger partial charge in [0.15, 0.2) is 0 Å². The fraction of sp³-hybridized carbons (Fsp3) is 0.417. The highest BCUT2D eigenvalue weighted by Crippen LogP contribution is 2.13. The fourth-order valence-corrected chi connectivity index (χ4v) is 2.34. The number of nitrogens with one attached hydrogen (secondary N) is 1. The molecular formula is C12H18N2O5S. The van der Waals surface area contributed by atoms with Crippen molar-refractivity contribution in [3.8, 4) is 0 Å². The Morgan fingerprint density at radius 2 is 2.15 bits per heavy atom. The molecular weight excluding hydrogens is 284 g/mol. The predicted molar refractivity (Wildman–Crippen MR) is 74.2 cm³/mol. The van der Waals surface area contributed by atoms with Gasteiger partial charge in [-0.3, -0.25) is 9.52 Å². The number of methoxy groups -OCH3 is 1. The molecule has 0 bridgehead atoms. The minimum atomic E-state index is -3.75. The molecule has 1 aromatic carbocycles. The Morgan fingerprint density at radius 1 is 1.45 bits per heavy atom. The number of esters is 1. The van der Waals surface area contributed by atoms with Gasteiger partial charge in [-0.2, -0.15) is 12.7 Å². The lowest BCUT2D eigenvalue weighted by molar-refractivity contribution is -0.140. The number of aliphatic hydroxyl groups excluding tert-OH is 1. The van der Waals surface area contributed by atoms with E-state index in [1.807, 2.05) is 0 Å². The highest BCUT2D eigenvalue weighted by Gasteiger charge is 2.18. The van der Waals surface area contributed by atoms with E-state index in [1.165, 1.54) is 20.2 Å². The first-order chi connectivity index (χ1) is 9.39. The van der Waals surface area contributed by atoms with Crippen LogP contribution in [0, 0.1) is 0 Å². The molecule has 20 heavy (non-hydrogen) atoms. The van der Waals surface area contributed by atoms with Crippen molar-refractivity contribution in [2.45, 2.75) is 13.0 Å². The Labute approximate surface area is 118 Å². The molecule has 0 aromatic heterocycles. The molecule has 0 atom stereocenters. The van der Waals surface area contributed by atoms with Crippen LogP contribution in [-0.2, 0) is 26.3 Å². The molecule has 1 aromatic rings. The Bertz CT molecular complexity index is 559. The molecule has 0 radical (unpaired) electrons. The van der Waals surface area contributed by atoms with E-state index < -0.39 is 16.2 Å². The molecule has 0 aliphatic heterocycles. The first-order valence-electron chi connectivity index (χ1n) is 5.89. The van der Waals surface area contributed by atoms with E-state index in [0.29, 0.717) is 11.3 Å². The third kappa shape index (κ3) is 4.80. The summed E-state index contributed by atoms with van der Waals surface area (Å²) in [6.07, 6.45) is -0.0232. The average Bonchev–Trinajstić information content (AvgIpc) is 2.43. The van der Waals surface area contributed by atoms with Crippen molar-refractivity contribution in [3.63, 3.8) is 0 Å². The SMILES string of the molecule is COC(=O)CCN(C)S(=O)(=O)Nc1cccc(CO)c1. The summed E-state index contributed by atoms with van der Waals surface area (Å²) in [6, 6.07) is 6.42. The zero-order valence-electron chi connectivity index (χ0n) is 11.4. The maximum Gasteiger partial charge on any atom is 0.306 e. The van der Waals surface area contributed by atoms with E-state index in [1.54, 1.807) is 18.2 Å². The third-order valence-corrected chi connectivity index (χ3v) is 4.12. The summed E-state index contributed by atoms with van der Waals surface area (Å²) in [4.78, 5) is 11.0. The second-order valence-corrected chi connectivity index (χ2v) is 5.89. The molecule has 0 unspecified atom stereocenters. The van der Waals surface area contributed by atoms with Gasteiger partial charge in [0, 0.05) is 13.6 Å². The summed E-state index contributed by atoms with van der Waals surface area (Å²) in [5.41, 5.74) is 0.948. The van der Waals surface area contributed by atoms with Crippen molar-refractivity contribution >= 4 is 21.9 Å². The van der Waals surface area contributed by atoms with Crippen LogP contribution in [0.1, 0.15) is 12.0 Å². The first kappa shape index (κ1) is 16.4. The fourth-order valence-electron chi connectivity index (χ4n) is 1.43. The van der Waals surface area contributed by atoms with Gasteiger partial charge in [0.25, 0.3) is 0 Å². The van der Waals surface area contributed by atoms with Crippen molar-refractivity contribution < 1.29 is 23.1 Å². The van der Waals surface area contributed by atoms with Gasteiger partial charge in [0.05, 0.1) is 25.8 Å². The summed E-state index contributed by atoms with van der Waals surface area (Å²) in [7, 11) is -1.14. The van der Waals surface area contributed by atoms with Crippen LogP contribution in [0.4, 0.5) is 5.69 Å². The van der Waals surface area contributed by atoms with Gasteiger partial charge in [0.1, 0.15) is 0 Å². The van der Waals surface area contributed by atoms with Crippen molar-refractivity contribution in [1.29, 1.82) is 0 Å². The lowest BCUT2D eigenvalue weighted by Crippen LogP contribution is -2.34. The molecule has 0 heterocycles. The van der Waals surface area contributed by atoms with E-state index in [4.69, 9.17) is 5.11 Å². The van der Waals surface area contributed by atoms with Gasteiger partial charge in [-0.25, -0.2) is 0 Å². The number of aliphatic hydroxyl groups is 1. The van der Waals surface area contributed by atoms with E-state index in [-0.39, 0.29) is 19.6 Å². The molecule has 0 amide bonds. The van der Waals surface area contributed by atoms with E-state index in [2.05, 4.69) is 9.46 Å². The Balaban J connectivity index is 2.70. The second-order valence-electron chi connectivity index (χ2n) is 4.11. The molecule has 0 spiro atoms. The van der Waals surface area contributed by atoms with Crippen LogP contribution in [0.3, 0.4) is 0 Å². The van der Waals surface area contributed by atoms with Gasteiger partial charge in [-0.1, -0.05) is 12.1 Å². The molecule has 0 saturated carbocycles. The normalized spacial score (nSPS) is 11.4. The van der Waals surface area contributed by atoms with Gasteiger partial charge in [0.2, 0.25) is 0 Å². The minimum Gasteiger partial charge on any atom is -0.469 e. The van der Waals surface area contributed by atoms with Gasteiger partial charge < -0.3 is 9.84 Å². The number of anilines is 1. The van der Waals surface area contributed by atoms with Crippen LogP contribution in [0.15, 0.2) is 24.3 Å². The van der Waals surface area contributed by atoms with Gasteiger partial charge >= 0.3 is 16.2 Å². The lowest BCUT2D eigenvalue weighted by Gasteiger charge is -2.18. The largest absolute Gasteiger partial charge is 0.469 e. The number of rotatable bonds is 7. The number of nitrogens with zero attached hydrogens (tertiary/aromatic N) is 1. The van der Waals surface area contributed by atoms with Crippen molar-refractivity contribution in [2.24, 2.45) is 0 Å². The van der Waals surface area contributed by atoms with Gasteiger partial charge in [-0.05, 0) is 17.7 Å². The molecule has 8 heteroatoms. The van der Waals surface area contributed by atoms with Crippen molar-refractivity contribution in [3.05, 3.63) is 29.8 Å². The number of carbonyl (C=O) groups is 1. The van der Waals surface area contributed by atoms with Crippen LogP contribution in [-0.4, -0.2) is 44.5 Å². The number of ether oxygens (including phenoxy) is 1. The number of hydrogen-bond donors (Lipinski definition) is 2. The van der Waals surface area contributed by atoms with Crippen LogP contribution in [0.2, 0.25) is 0 Å². The molecule has 2 N–H and O–H groups in total. The molecule has 0 saturated heterocycles. The van der Waals surface area contributed by atoms with Crippen molar-refractivity contribution in [1.82, 2.24) is 4.31 Å². The number of carbonyl (C=O) groups excluding carboxylic acids is 1. The third-order valence-electron chi connectivity index (χ3n) is 2.63. The monoisotopic (exact) mass is 302 g/mol. The highest BCUT2D eigenvalue weighted by atomic mass is 32.2. The standard InChI is InChI=1S/C12H18N2O5S/c1-14(7-6-12(16)19-2)20(17,18)13-11-5-3-4-10(8-11)9-15/h3-5,8,13,15H,6-7,9H2,1-2H3. The summed E-state index contributed by atoms with van der Waals surface area (Å²) >= 11 is 0. The van der Waals surface area contributed by atoms with E-state index in [0.717, 1.165) is 4.31 Å². The molecule has 112 valence electrons. The summed E-state index contributed by atoms with van der Waals surface area (Å²) in [5, 5.41) is 9.00. The average molecular weight is 302 g/mol. The molecule has 0 fully saturated rings. The van der Waals surface area contributed by atoms with E-state index in [9.17, 15) is 13.2 Å². The number of hydrogen-bond acceptors (Lipinski definition) is 5. The van der Waals surface area contributed by atoms with Crippen LogP contribution in [0.5, 0.6) is 0 Å². The summed E-state index contributed by atoms with van der Waals surface area (Å²) in [5.74, 6) is -0.477. The Hall–Kier alpha value is -1.64. The molecule has 0 aliphatic carbocycles. The van der Waals surface area contributed by atoms with Crippen molar-refractivity contribution in [2.75, 3.05) is 25.4 Å². The van der Waals surface area contributed by atoms with Crippen LogP contribution >= 0.6 is 0 Å². The number of benzene rings is 1. The lowest BCUT2D eigenvalue weighted by atomic mass is 10.2.